The lowest BCUT2D eigenvalue weighted by molar-refractivity contribution is -0.132. The second-order valence-corrected chi connectivity index (χ2v) is 7.78. The summed E-state index contributed by atoms with van der Waals surface area (Å²) in [5.74, 6) is 2.11. The van der Waals surface area contributed by atoms with E-state index in [1.165, 1.54) is 24.8 Å². The van der Waals surface area contributed by atoms with E-state index >= 15 is 0 Å². The molecule has 2 heterocycles. The highest BCUT2D eigenvalue weighted by Crippen LogP contribution is 2.23. The minimum absolute atomic E-state index is 0.328. The molecule has 150 valence electrons. The van der Waals surface area contributed by atoms with E-state index in [1.807, 2.05) is 11.8 Å². The van der Waals surface area contributed by atoms with Crippen LogP contribution < -0.4 is 10.1 Å². The number of benzene rings is 1. The van der Waals surface area contributed by atoms with Crippen LogP contribution in [0.4, 0.5) is 0 Å². The van der Waals surface area contributed by atoms with Gasteiger partial charge in [0.15, 0.2) is 0 Å². The van der Waals surface area contributed by atoms with Gasteiger partial charge in [-0.1, -0.05) is 12.1 Å². The van der Waals surface area contributed by atoms with Gasteiger partial charge < -0.3 is 19.9 Å². The third-order valence-corrected chi connectivity index (χ3v) is 5.89. The molecule has 0 aromatic heterocycles. The highest BCUT2D eigenvalue weighted by Gasteiger charge is 2.21. The number of piperidine rings is 1. The SMILES string of the molecule is CCOc1ccc(CCC2CCN(CCC(=O)N3CCNCC3)CC2)cc1. The maximum Gasteiger partial charge on any atom is 0.223 e. The molecule has 2 aliphatic heterocycles. The summed E-state index contributed by atoms with van der Waals surface area (Å²) < 4.78 is 5.51. The molecule has 2 saturated heterocycles. The Labute approximate surface area is 164 Å². The maximum absolute atomic E-state index is 12.3. The van der Waals surface area contributed by atoms with Crippen molar-refractivity contribution in [1.82, 2.24) is 15.1 Å². The van der Waals surface area contributed by atoms with Gasteiger partial charge in [0.25, 0.3) is 0 Å². The second-order valence-electron chi connectivity index (χ2n) is 7.78. The summed E-state index contributed by atoms with van der Waals surface area (Å²) in [5.41, 5.74) is 1.41. The van der Waals surface area contributed by atoms with Gasteiger partial charge in [0.05, 0.1) is 6.61 Å². The van der Waals surface area contributed by atoms with Gasteiger partial charge in [-0.25, -0.2) is 0 Å². The fourth-order valence-corrected chi connectivity index (χ4v) is 4.11. The van der Waals surface area contributed by atoms with Crippen molar-refractivity contribution < 1.29 is 9.53 Å². The van der Waals surface area contributed by atoms with Crippen molar-refractivity contribution in [1.29, 1.82) is 0 Å². The number of nitrogens with one attached hydrogen (secondary N) is 1. The number of hydrogen-bond donors (Lipinski definition) is 1. The second kappa shape index (κ2) is 10.7. The minimum Gasteiger partial charge on any atom is -0.494 e. The summed E-state index contributed by atoms with van der Waals surface area (Å²) in [7, 11) is 0. The Bertz CT molecular complexity index is 561. The Balaban J connectivity index is 1.31. The monoisotopic (exact) mass is 373 g/mol. The first-order valence-electron chi connectivity index (χ1n) is 10.7. The Kier molecular flexibility index (Phi) is 7.96. The molecule has 5 heteroatoms. The molecule has 0 bridgehead atoms. The number of ether oxygens (including phenoxy) is 1. The van der Waals surface area contributed by atoms with Crippen molar-refractivity contribution in [2.45, 2.75) is 39.0 Å². The van der Waals surface area contributed by atoms with Crippen molar-refractivity contribution in [3.8, 4) is 5.75 Å². The van der Waals surface area contributed by atoms with E-state index < -0.39 is 0 Å². The molecule has 1 aromatic rings. The number of carbonyl (C=O) groups is 1. The van der Waals surface area contributed by atoms with Crippen LogP contribution in [0.3, 0.4) is 0 Å². The third-order valence-electron chi connectivity index (χ3n) is 5.89. The van der Waals surface area contributed by atoms with Crippen LogP contribution in [0.1, 0.15) is 38.2 Å². The van der Waals surface area contributed by atoms with Crippen LogP contribution in [-0.4, -0.2) is 68.1 Å². The first-order chi connectivity index (χ1) is 13.2. The van der Waals surface area contributed by atoms with Gasteiger partial charge in [0, 0.05) is 39.1 Å². The molecule has 0 spiro atoms. The molecular weight excluding hydrogens is 338 g/mol. The topological polar surface area (TPSA) is 44.8 Å². The Morgan fingerprint density at radius 3 is 2.48 bits per heavy atom. The smallest absolute Gasteiger partial charge is 0.223 e. The first kappa shape index (κ1) is 20.2. The standard InChI is InChI=1S/C22H35N3O2/c1-2-27-21-7-5-19(6-8-21)3-4-20-9-14-24(15-10-20)16-11-22(26)25-17-12-23-13-18-25/h5-8,20,23H,2-4,9-18H2,1H3. The third kappa shape index (κ3) is 6.51. The molecular formula is C22H35N3O2. The van der Waals surface area contributed by atoms with Gasteiger partial charge in [-0.15, -0.1) is 0 Å². The number of piperazine rings is 1. The van der Waals surface area contributed by atoms with Gasteiger partial charge in [-0.3, -0.25) is 4.79 Å². The molecule has 1 amide bonds. The van der Waals surface area contributed by atoms with Crippen molar-refractivity contribution >= 4 is 5.91 Å². The zero-order valence-corrected chi connectivity index (χ0v) is 16.8. The summed E-state index contributed by atoms with van der Waals surface area (Å²) in [6.45, 7) is 9.55. The normalized spacial score (nSPS) is 19.2. The van der Waals surface area contributed by atoms with Gasteiger partial charge in [-0.2, -0.15) is 0 Å². The van der Waals surface area contributed by atoms with Crippen LogP contribution in [-0.2, 0) is 11.2 Å². The summed E-state index contributed by atoms with van der Waals surface area (Å²) in [6.07, 6.45) is 5.62. The van der Waals surface area contributed by atoms with E-state index in [1.54, 1.807) is 0 Å². The van der Waals surface area contributed by atoms with Crippen molar-refractivity contribution in [2.75, 3.05) is 52.4 Å². The average Bonchev–Trinajstić information content (AvgIpc) is 2.73. The highest BCUT2D eigenvalue weighted by atomic mass is 16.5. The van der Waals surface area contributed by atoms with Crippen molar-refractivity contribution in [3.63, 3.8) is 0 Å². The van der Waals surface area contributed by atoms with Crippen molar-refractivity contribution in [2.24, 2.45) is 5.92 Å². The number of hydrogen-bond acceptors (Lipinski definition) is 4. The lowest BCUT2D eigenvalue weighted by Gasteiger charge is -2.33. The lowest BCUT2D eigenvalue weighted by atomic mass is 9.90. The molecule has 0 saturated carbocycles. The molecule has 0 atom stereocenters. The quantitative estimate of drug-likeness (QED) is 0.761. The Morgan fingerprint density at radius 1 is 1.11 bits per heavy atom. The van der Waals surface area contributed by atoms with E-state index in [0.717, 1.165) is 70.5 Å². The summed E-state index contributed by atoms with van der Waals surface area (Å²) in [4.78, 5) is 16.8. The molecule has 2 fully saturated rings. The summed E-state index contributed by atoms with van der Waals surface area (Å²) in [6, 6.07) is 8.55. The molecule has 3 rings (SSSR count). The number of aryl methyl sites for hydroxylation is 1. The summed E-state index contributed by atoms with van der Waals surface area (Å²) in [5, 5.41) is 3.30. The van der Waals surface area contributed by atoms with Crippen LogP contribution >= 0.6 is 0 Å². The number of rotatable bonds is 8. The molecule has 2 aliphatic rings. The first-order valence-corrected chi connectivity index (χ1v) is 10.7. The Morgan fingerprint density at radius 2 is 1.81 bits per heavy atom. The van der Waals surface area contributed by atoms with E-state index in [4.69, 9.17) is 4.74 Å². The maximum atomic E-state index is 12.3. The fourth-order valence-electron chi connectivity index (χ4n) is 4.11. The van der Waals surface area contributed by atoms with E-state index in [0.29, 0.717) is 12.3 Å². The van der Waals surface area contributed by atoms with E-state index in [-0.39, 0.29) is 0 Å². The van der Waals surface area contributed by atoms with Crippen LogP contribution in [0.25, 0.3) is 0 Å². The fraction of sp³-hybridized carbons (Fsp3) is 0.682. The molecule has 0 unspecified atom stereocenters. The molecule has 5 nitrogen and oxygen atoms in total. The highest BCUT2D eigenvalue weighted by molar-refractivity contribution is 5.76. The van der Waals surface area contributed by atoms with Gasteiger partial charge in [-0.05, 0) is 69.3 Å². The number of likely N-dealkylation sites (tertiary alicyclic amines) is 1. The molecule has 1 aromatic carbocycles. The van der Waals surface area contributed by atoms with E-state index in [2.05, 4.69) is 34.5 Å². The predicted octanol–water partition coefficient (Wildman–Crippen LogP) is 2.55. The zero-order chi connectivity index (χ0) is 18.9. The molecule has 0 aliphatic carbocycles. The van der Waals surface area contributed by atoms with Crippen LogP contribution in [0.2, 0.25) is 0 Å². The molecule has 1 N–H and O–H groups in total. The average molecular weight is 374 g/mol. The molecule has 27 heavy (non-hydrogen) atoms. The predicted molar refractivity (Wildman–Crippen MR) is 109 cm³/mol. The van der Waals surface area contributed by atoms with Crippen molar-refractivity contribution in [3.05, 3.63) is 29.8 Å². The van der Waals surface area contributed by atoms with Crippen LogP contribution in [0, 0.1) is 5.92 Å². The summed E-state index contributed by atoms with van der Waals surface area (Å²) >= 11 is 0. The van der Waals surface area contributed by atoms with Gasteiger partial charge in [0.1, 0.15) is 5.75 Å². The largest absolute Gasteiger partial charge is 0.494 e. The Hall–Kier alpha value is -1.59. The van der Waals surface area contributed by atoms with E-state index in [9.17, 15) is 4.79 Å². The van der Waals surface area contributed by atoms with Gasteiger partial charge in [0.2, 0.25) is 5.91 Å². The zero-order valence-electron chi connectivity index (χ0n) is 16.8. The number of amides is 1. The van der Waals surface area contributed by atoms with Crippen LogP contribution in [0.15, 0.2) is 24.3 Å². The number of carbonyl (C=O) groups excluding carboxylic acids is 1. The lowest BCUT2D eigenvalue weighted by Crippen LogP contribution is -2.47. The van der Waals surface area contributed by atoms with Crippen LogP contribution in [0.5, 0.6) is 5.75 Å². The molecule has 0 radical (unpaired) electrons. The van der Waals surface area contributed by atoms with Gasteiger partial charge >= 0.3 is 0 Å². The number of nitrogens with zero attached hydrogens (tertiary/aromatic N) is 2. The minimum atomic E-state index is 0.328.